The number of fused-ring (bicyclic) bond motifs is 1. The van der Waals surface area contributed by atoms with Gasteiger partial charge in [-0.25, -0.2) is 14.8 Å². The molecule has 38 heavy (non-hydrogen) atoms. The van der Waals surface area contributed by atoms with E-state index in [1.807, 2.05) is 6.92 Å². The molecule has 1 aliphatic rings. The first-order valence-electron chi connectivity index (χ1n) is 12.1. The lowest BCUT2D eigenvalue weighted by Crippen LogP contribution is -2.39. The second kappa shape index (κ2) is 9.54. The highest BCUT2D eigenvalue weighted by Crippen LogP contribution is 2.32. The van der Waals surface area contributed by atoms with Gasteiger partial charge in [0, 0.05) is 36.1 Å². The number of hydrogen-bond donors (Lipinski definition) is 2. The van der Waals surface area contributed by atoms with Gasteiger partial charge in [0.05, 0.1) is 6.04 Å². The van der Waals surface area contributed by atoms with E-state index in [1.165, 1.54) is 15.3 Å². The Balaban J connectivity index is 1.37. The first kappa shape index (κ1) is 25.4. The molecular weight excluding hydrogens is 503 g/mol. The zero-order valence-corrected chi connectivity index (χ0v) is 20.5. The molecule has 0 aromatic carbocycles. The molecule has 198 valence electrons. The molecule has 1 unspecified atom stereocenters. The molecule has 1 aliphatic carbocycles. The second-order valence-corrected chi connectivity index (χ2v) is 9.22. The van der Waals surface area contributed by atoms with Crippen molar-refractivity contribution in [1.82, 2.24) is 29.1 Å². The number of hydrogen-bond acceptors (Lipinski definition) is 7. The Hall–Kier alpha value is -4.29. The molecule has 1 atom stereocenters. The van der Waals surface area contributed by atoms with Gasteiger partial charge < -0.3 is 10.3 Å². The van der Waals surface area contributed by atoms with E-state index in [0.717, 1.165) is 31.2 Å². The second-order valence-electron chi connectivity index (χ2n) is 9.22. The zero-order valence-electron chi connectivity index (χ0n) is 20.5. The van der Waals surface area contributed by atoms with Crippen molar-refractivity contribution in [3.05, 3.63) is 68.8 Å². The number of pyridine rings is 2. The molecule has 2 N–H and O–H groups in total. The molecule has 10 nitrogen and oxygen atoms in total. The maximum absolute atomic E-state index is 13.0. The van der Waals surface area contributed by atoms with Crippen LogP contribution in [0.4, 0.5) is 19.0 Å². The van der Waals surface area contributed by atoms with E-state index in [9.17, 15) is 27.6 Å². The SMILES string of the molecule is CCCn1c(=O)n(C2CC2)c(=O)c2[nH]c(-c3ccc(NC(C)C(=O)c4ccc(C(F)(F)F)nc4)nc3)nc21. The number of carbonyl (C=O) groups is 1. The maximum atomic E-state index is 13.0. The molecule has 0 bridgehead atoms. The summed E-state index contributed by atoms with van der Waals surface area (Å²) < 4.78 is 41.0. The van der Waals surface area contributed by atoms with Crippen molar-refractivity contribution in [2.24, 2.45) is 0 Å². The third kappa shape index (κ3) is 4.71. The van der Waals surface area contributed by atoms with E-state index in [2.05, 4.69) is 25.3 Å². The van der Waals surface area contributed by atoms with Crippen molar-refractivity contribution < 1.29 is 18.0 Å². The molecule has 0 saturated heterocycles. The standard InChI is InChI=1S/C25H24F3N7O3/c1-3-10-34-22-19(23(37)35(24(34)38)16-6-7-16)32-21(33-22)15-5-9-18(30-12-15)31-13(2)20(36)14-4-8-17(29-11-14)25(26,27)28/h4-5,8-9,11-13,16H,3,6-7,10H2,1-2H3,(H,30,31)(H,32,33). The van der Waals surface area contributed by atoms with Crippen LogP contribution in [0.1, 0.15) is 55.2 Å². The Morgan fingerprint density at radius 2 is 1.92 bits per heavy atom. The van der Waals surface area contributed by atoms with Gasteiger partial charge in [-0.3, -0.25) is 23.7 Å². The molecule has 1 saturated carbocycles. The lowest BCUT2D eigenvalue weighted by molar-refractivity contribution is -0.141. The largest absolute Gasteiger partial charge is 0.433 e. The minimum atomic E-state index is -4.59. The average molecular weight is 528 g/mol. The molecule has 4 aromatic rings. The van der Waals surface area contributed by atoms with Gasteiger partial charge in [0.15, 0.2) is 11.4 Å². The normalized spacial score (nSPS) is 14.6. The Labute approximate surface area is 213 Å². The number of nitrogens with zero attached hydrogens (tertiary/aromatic N) is 5. The van der Waals surface area contributed by atoms with Crippen LogP contribution in [0.25, 0.3) is 22.6 Å². The summed E-state index contributed by atoms with van der Waals surface area (Å²) in [6, 6.07) is 4.28. The predicted molar refractivity (Wildman–Crippen MR) is 133 cm³/mol. The Morgan fingerprint density at radius 1 is 1.16 bits per heavy atom. The summed E-state index contributed by atoms with van der Waals surface area (Å²) in [5, 5.41) is 2.92. The third-order valence-corrected chi connectivity index (χ3v) is 6.30. The van der Waals surface area contributed by atoms with Crippen molar-refractivity contribution in [2.75, 3.05) is 5.32 Å². The summed E-state index contributed by atoms with van der Waals surface area (Å²) in [5.41, 5.74) is -0.681. The van der Waals surface area contributed by atoms with Crippen LogP contribution in [-0.4, -0.2) is 40.9 Å². The van der Waals surface area contributed by atoms with Gasteiger partial charge >= 0.3 is 11.9 Å². The quantitative estimate of drug-likeness (QED) is 0.334. The Morgan fingerprint density at radius 3 is 2.50 bits per heavy atom. The Kier molecular flexibility index (Phi) is 6.37. The lowest BCUT2D eigenvalue weighted by Gasteiger charge is -2.14. The topological polar surface area (TPSA) is 128 Å². The fourth-order valence-electron chi connectivity index (χ4n) is 4.22. The van der Waals surface area contributed by atoms with Crippen LogP contribution >= 0.6 is 0 Å². The number of H-pyrrole nitrogens is 1. The van der Waals surface area contributed by atoms with Gasteiger partial charge in [-0.15, -0.1) is 0 Å². The minimum Gasteiger partial charge on any atom is -0.360 e. The van der Waals surface area contributed by atoms with Crippen molar-refractivity contribution in [3.8, 4) is 11.4 Å². The number of halogens is 3. The summed E-state index contributed by atoms with van der Waals surface area (Å²) in [6.07, 6.45) is 0.0970. The molecule has 5 rings (SSSR count). The minimum absolute atomic E-state index is 0.0341. The average Bonchev–Trinajstić information content (AvgIpc) is 3.62. The summed E-state index contributed by atoms with van der Waals surface area (Å²) in [6.45, 7) is 3.93. The molecule has 0 radical (unpaired) electrons. The van der Waals surface area contributed by atoms with E-state index in [0.29, 0.717) is 35.8 Å². The molecule has 4 aromatic heterocycles. The van der Waals surface area contributed by atoms with Gasteiger partial charge in [0.2, 0.25) is 0 Å². The Bertz CT molecular complexity index is 1620. The van der Waals surface area contributed by atoms with Crippen molar-refractivity contribution in [2.45, 2.75) is 57.9 Å². The molecule has 0 amide bonds. The smallest absolute Gasteiger partial charge is 0.360 e. The first-order valence-corrected chi connectivity index (χ1v) is 12.1. The number of imidazole rings is 1. The molecule has 1 fully saturated rings. The first-order chi connectivity index (χ1) is 18.1. The van der Waals surface area contributed by atoms with Crippen molar-refractivity contribution in [3.63, 3.8) is 0 Å². The van der Waals surface area contributed by atoms with Crippen LogP contribution in [0.3, 0.4) is 0 Å². The van der Waals surface area contributed by atoms with Crippen LogP contribution in [0, 0.1) is 0 Å². The van der Waals surface area contributed by atoms with Crippen molar-refractivity contribution in [1.29, 1.82) is 0 Å². The number of Topliss-reactive ketones (excluding diaryl/α,β-unsaturated/α-hetero) is 1. The fraction of sp³-hybridized carbons (Fsp3) is 0.360. The zero-order chi connectivity index (χ0) is 27.2. The summed E-state index contributed by atoms with van der Waals surface area (Å²) in [4.78, 5) is 53.8. The summed E-state index contributed by atoms with van der Waals surface area (Å²) in [7, 11) is 0. The number of aryl methyl sites for hydroxylation is 1. The number of alkyl halides is 3. The van der Waals surface area contributed by atoms with Gasteiger partial charge in [-0.2, -0.15) is 13.2 Å². The van der Waals surface area contributed by atoms with E-state index in [-0.39, 0.29) is 22.8 Å². The number of aromatic nitrogens is 6. The number of carbonyl (C=O) groups excluding carboxylic acids is 1. The monoisotopic (exact) mass is 527 g/mol. The number of rotatable bonds is 8. The van der Waals surface area contributed by atoms with Crippen LogP contribution in [-0.2, 0) is 12.7 Å². The highest BCUT2D eigenvalue weighted by atomic mass is 19.4. The lowest BCUT2D eigenvalue weighted by atomic mass is 10.1. The predicted octanol–water partition coefficient (Wildman–Crippen LogP) is 3.79. The molecule has 0 aliphatic heterocycles. The van der Waals surface area contributed by atoms with Gasteiger partial charge in [0.1, 0.15) is 22.9 Å². The highest BCUT2D eigenvalue weighted by molar-refractivity contribution is 6.01. The summed E-state index contributed by atoms with van der Waals surface area (Å²) >= 11 is 0. The third-order valence-electron chi connectivity index (χ3n) is 6.30. The molecule has 0 spiro atoms. The highest BCUT2D eigenvalue weighted by Gasteiger charge is 2.32. The number of ketones is 1. The summed E-state index contributed by atoms with van der Waals surface area (Å²) in [5.74, 6) is 0.272. The van der Waals surface area contributed by atoms with Gasteiger partial charge in [-0.05, 0) is 50.5 Å². The number of nitrogens with one attached hydrogen (secondary N) is 2. The van der Waals surface area contributed by atoms with Crippen LogP contribution in [0.15, 0.2) is 46.2 Å². The maximum Gasteiger partial charge on any atom is 0.433 e. The molecule has 4 heterocycles. The van der Waals surface area contributed by atoms with E-state index in [4.69, 9.17) is 0 Å². The number of aromatic amines is 1. The van der Waals surface area contributed by atoms with E-state index >= 15 is 0 Å². The van der Waals surface area contributed by atoms with Crippen LogP contribution < -0.4 is 16.6 Å². The van der Waals surface area contributed by atoms with Gasteiger partial charge in [-0.1, -0.05) is 6.92 Å². The fourth-order valence-corrected chi connectivity index (χ4v) is 4.22. The van der Waals surface area contributed by atoms with E-state index < -0.39 is 29.3 Å². The number of anilines is 1. The molecular formula is C25H24F3N7O3. The molecule has 13 heteroatoms. The van der Waals surface area contributed by atoms with Crippen molar-refractivity contribution >= 4 is 22.8 Å². The van der Waals surface area contributed by atoms with Crippen LogP contribution in [0.5, 0.6) is 0 Å². The van der Waals surface area contributed by atoms with E-state index in [1.54, 1.807) is 19.1 Å². The van der Waals surface area contributed by atoms with Crippen LogP contribution in [0.2, 0.25) is 0 Å². The van der Waals surface area contributed by atoms with Gasteiger partial charge in [0.25, 0.3) is 5.56 Å².